The molecule has 5 aliphatic carbocycles. The van der Waals surface area contributed by atoms with Gasteiger partial charge in [0.2, 0.25) is 0 Å². The number of rotatable bonds is 3. The van der Waals surface area contributed by atoms with E-state index in [1.54, 1.807) is 13.8 Å². The molecule has 1 heterocycles. The summed E-state index contributed by atoms with van der Waals surface area (Å²) in [6, 6.07) is 0. The Kier molecular flexibility index (Phi) is 5.62. The maximum atomic E-state index is 12.4. The van der Waals surface area contributed by atoms with Crippen LogP contribution in [-0.4, -0.2) is 56.9 Å². The lowest BCUT2D eigenvalue weighted by atomic mass is 9.41. The predicted molar refractivity (Wildman–Crippen MR) is 144 cm³/mol. The summed E-state index contributed by atoms with van der Waals surface area (Å²) in [5, 5.41) is 34.1. The van der Waals surface area contributed by atoms with Gasteiger partial charge < -0.3 is 24.8 Å². The first-order chi connectivity index (χ1) is 17.4. The van der Waals surface area contributed by atoms with Crippen LogP contribution in [0.15, 0.2) is 0 Å². The first-order valence-corrected chi connectivity index (χ1v) is 15.3. The van der Waals surface area contributed by atoms with Crippen LogP contribution in [0.4, 0.5) is 0 Å². The van der Waals surface area contributed by atoms with Crippen molar-refractivity contribution in [2.24, 2.45) is 44.8 Å². The fourth-order valence-electron chi connectivity index (χ4n) is 12.4. The molecule has 0 aromatic rings. The molecule has 5 saturated carbocycles. The highest BCUT2D eigenvalue weighted by molar-refractivity contribution is 5.66. The normalized spacial score (nSPS) is 56.9. The summed E-state index contributed by atoms with van der Waals surface area (Å²) in [6.07, 6.45) is 6.97. The Morgan fingerprint density at radius 3 is 2.16 bits per heavy atom. The molecule has 216 valence electrons. The van der Waals surface area contributed by atoms with Crippen LogP contribution in [0.5, 0.6) is 0 Å². The van der Waals surface area contributed by atoms with E-state index in [1.807, 2.05) is 0 Å². The van der Waals surface area contributed by atoms with E-state index in [4.69, 9.17) is 9.47 Å². The van der Waals surface area contributed by atoms with E-state index >= 15 is 0 Å². The van der Waals surface area contributed by atoms with E-state index in [2.05, 4.69) is 34.6 Å². The number of aliphatic hydroxyl groups excluding tert-OH is 2. The second-order valence-electron chi connectivity index (χ2n) is 16.4. The number of carbonyl (C=O) groups is 1. The fourth-order valence-corrected chi connectivity index (χ4v) is 12.4. The summed E-state index contributed by atoms with van der Waals surface area (Å²) >= 11 is 0. The topological polar surface area (TPSA) is 96.2 Å². The van der Waals surface area contributed by atoms with Gasteiger partial charge in [0.1, 0.15) is 6.10 Å². The minimum atomic E-state index is -0.954. The zero-order valence-electron chi connectivity index (χ0n) is 25.0. The summed E-state index contributed by atoms with van der Waals surface area (Å²) in [5.41, 5.74) is -2.03. The van der Waals surface area contributed by atoms with E-state index in [1.165, 1.54) is 6.92 Å². The molecule has 6 heteroatoms. The highest BCUT2D eigenvalue weighted by Crippen LogP contribution is 2.89. The number of ether oxygens (including phenoxy) is 2. The molecule has 6 rings (SSSR count). The molecule has 0 aromatic carbocycles. The molecule has 6 fully saturated rings. The summed E-state index contributed by atoms with van der Waals surface area (Å²) < 4.78 is 12.9. The van der Waals surface area contributed by atoms with E-state index in [9.17, 15) is 20.1 Å². The maximum Gasteiger partial charge on any atom is 0.302 e. The zero-order valence-corrected chi connectivity index (χ0v) is 25.0. The Bertz CT molecular complexity index is 1020. The Morgan fingerprint density at radius 1 is 0.895 bits per heavy atom. The molecule has 12 atom stereocenters. The van der Waals surface area contributed by atoms with Gasteiger partial charge in [-0.05, 0) is 112 Å². The van der Waals surface area contributed by atoms with Gasteiger partial charge in [-0.2, -0.15) is 0 Å². The summed E-state index contributed by atoms with van der Waals surface area (Å²) in [5.74, 6) is 0.509. The van der Waals surface area contributed by atoms with Gasteiger partial charge in [-0.15, -0.1) is 0 Å². The second-order valence-corrected chi connectivity index (χ2v) is 16.4. The van der Waals surface area contributed by atoms with Crippen molar-refractivity contribution in [3.8, 4) is 0 Å². The van der Waals surface area contributed by atoms with Crippen LogP contribution in [0.1, 0.15) is 113 Å². The highest BCUT2D eigenvalue weighted by atomic mass is 16.6. The standard InChI is InChI=1S/C32H52O6/c1-18(33)37-19-15-28(6)21-10-9-20-26(2,3)22(34)11-14-31(20)17-32(21,31)16-23(35)30(28,8)25(19)29(7)13-12-24(38-29)27(4,5)36/h19-25,34-36H,9-17H2,1-8H3/t19-,20-,21-,22-,23+,24+,25+,28-,29-,30+,31+,32-/m0/s1. The molecule has 0 aromatic heterocycles. The van der Waals surface area contributed by atoms with Gasteiger partial charge in [0.05, 0.1) is 29.5 Å². The van der Waals surface area contributed by atoms with Crippen molar-refractivity contribution in [3.05, 3.63) is 0 Å². The molecule has 6 aliphatic rings. The van der Waals surface area contributed by atoms with Crippen molar-refractivity contribution < 1.29 is 29.6 Å². The highest BCUT2D eigenvalue weighted by Gasteiger charge is 2.85. The van der Waals surface area contributed by atoms with E-state index in [0.717, 1.165) is 57.8 Å². The zero-order chi connectivity index (χ0) is 27.9. The Balaban J connectivity index is 1.42. The van der Waals surface area contributed by atoms with Gasteiger partial charge in [-0.3, -0.25) is 4.79 Å². The summed E-state index contributed by atoms with van der Waals surface area (Å²) in [7, 11) is 0. The molecule has 0 amide bonds. The number of esters is 1. The van der Waals surface area contributed by atoms with Crippen LogP contribution >= 0.6 is 0 Å². The van der Waals surface area contributed by atoms with Crippen molar-refractivity contribution >= 4 is 5.97 Å². The molecule has 2 spiro atoms. The lowest BCUT2D eigenvalue weighted by Gasteiger charge is -2.64. The van der Waals surface area contributed by atoms with Crippen molar-refractivity contribution in [1.29, 1.82) is 0 Å². The van der Waals surface area contributed by atoms with Crippen LogP contribution in [0.3, 0.4) is 0 Å². The number of fused-ring (bicyclic) bond motifs is 2. The van der Waals surface area contributed by atoms with Crippen LogP contribution in [0.2, 0.25) is 0 Å². The second kappa shape index (κ2) is 7.77. The number of hydrogen-bond donors (Lipinski definition) is 3. The van der Waals surface area contributed by atoms with Gasteiger partial charge in [0, 0.05) is 18.3 Å². The lowest BCUT2D eigenvalue weighted by molar-refractivity contribution is -0.232. The molecular formula is C32H52O6. The first kappa shape index (κ1) is 27.5. The van der Waals surface area contributed by atoms with Gasteiger partial charge in [0.15, 0.2) is 0 Å². The molecule has 1 aliphatic heterocycles. The largest absolute Gasteiger partial charge is 0.462 e. The molecule has 0 unspecified atom stereocenters. The summed E-state index contributed by atoms with van der Waals surface area (Å²) in [4.78, 5) is 12.4. The third-order valence-electron chi connectivity index (χ3n) is 14.2. The number of aliphatic hydroxyl groups is 3. The smallest absolute Gasteiger partial charge is 0.302 e. The molecular weight excluding hydrogens is 480 g/mol. The summed E-state index contributed by atoms with van der Waals surface area (Å²) in [6.45, 7) is 16.4. The maximum absolute atomic E-state index is 12.4. The molecule has 0 radical (unpaired) electrons. The fraction of sp³-hybridized carbons (Fsp3) is 0.969. The van der Waals surface area contributed by atoms with Crippen molar-refractivity contribution in [3.63, 3.8) is 0 Å². The minimum Gasteiger partial charge on any atom is -0.462 e. The molecule has 1 saturated heterocycles. The van der Waals surface area contributed by atoms with E-state index in [-0.39, 0.29) is 51.9 Å². The molecule has 38 heavy (non-hydrogen) atoms. The number of carbonyl (C=O) groups excluding carboxylic acids is 1. The third kappa shape index (κ3) is 3.13. The SMILES string of the molecule is CC(=O)O[C@H]1C[C@@]2(C)[C@@H]3CC[C@H]4C(C)(C)[C@@H](O)CC[C@@]45C[C@@]35C[C@@H](O)[C@]2(C)[C@H]1[C@]1(C)CC[C@H](C(C)(C)O)O1. The van der Waals surface area contributed by atoms with Crippen molar-refractivity contribution in [1.82, 2.24) is 0 Å². The van der Waals surface area contributed by atoms with Crippen LogP contribution in [-0.2, 0) is 14.3 Å². The van der Waals surface area contributed by atoms with Gasteiger partial charge in [0.25, 0.3) is 0 Å². The van der Waals surface area contributed by atoms with Gasteiger partial charge in [-0.1, -0.05) is 27.7 Å². The van der Waals surface area contributed by atoms with Crippen LogP contribution in [0, 0.1) is 44.8 Å². The minimum absolute atomic E-state index is 0.101. The Morgan fingerprint density at radius 2 is 1.55 bits per heavy atom. The predicted octanol–water partition coefficient (Wildman–Crippen LogP) is 5.01. The van der Waals surface area contributed by atoms with Crippen molar-refractivity contribution in [2.75, 3.05) is 0 Å². The lowest BCUT2D eigenvalue weighted by Crippen LogP contribution is -2.64. The molecule has 6 nitrogen and oxygen atoms in total. The number of hydrogen-bond acceptors (Lipinski definition) is 6. The van der Waals surface area contributed by atoms with Crippen LogP contribution < -0.4 is 0 Å². The van der Waals surface area contributed by atoms with E-state index in [0.29, 0.717) is 11.8 Å². The van der Waals surface area contributed by atoms with Gasteiger partial charge >= 0.3 is 5.97 Å². The average Bonchev–Trinajstić information content (AvgIpc) is 3.13. The third-order valence-corrected chi connectivity index (χ3v) is 14.2. The average molecular weight is 533 g/mol. The van der Waals surface area contributed by atoms with Crippen LogP contribution in [0.25, 0.3) is 0 Å². The van der Waals surface area contributed by atoms with Crippen molar-refractivity contribution in [2.45, 2.75) is 149 Å². The monoisotopic (exact) mass is 532 g/mol. The Hall–Kier alpha value is -0.690. The van der Waals surface area contributed by atoms with E-state index < -0.39 is 22.7 Å². The molecule has 3 N–H and O–H groups in total. The van der Waals surface area contributed by atoms with Gasteiger partial charge in [-0.25, -0.2) is 0 Å². The Labute approximate surface area is 229 Å². The first-order valence-electron chi connectivity index (χ1n) is 15.3. The molecule has 0 bridgehead atoms. The quantitative estimate of drug-likeness (QED) is 0.443.